The van der Waals surface area contributed by atoms with Gasteiger partial charge < -0.3 is 19.5 Å². The van der Waals surface area contributed by atoms with Crippen LogP contribution >= 0.6 is 23.1 Å². The summed E-state index contributed by atoms with van der Waals surface area (Å²) >= 11 is 2.75. The third-order valence-corrected chi connectivity index (χ3v) is 8.56. The molecule has 0 fully saturated rings. The highest BCUT2D eigenvalue weighted by atomic mass is 32.2. The maximum atomic E-state index is 13.0. The minimum atomic E-state index is -0.525. The van der Waals surface area contributed by atoms with Crippen molar-refractivity contribution < 1.29 is 23.8 Å². The largest absolute Gasteiger partial charge is 0.486 e. The molecule has 1 amide bonds. The first-order valence-corrected chi connectivity index (χ1v) is 14.6. The van der Waals surface area contributed by atoms with Crippen molar-refractivity contribution in [2.75, 3.05) is 31.4 Å². The first-order chi connectivity index (χ1) is 19.4. The summed E-state index contributed by atoms with van der Waals surface area (Å²) in [6.45, 7) is 5.10. The van der Waals surface area contributed by atoms with Crippen molar-refractivity contribution in [1.82, 2.24) is 14.6 Å². The van der Waals surface area contributed by atoms with Crippen molar-refractivity contribution in [3.05, 3.63) is 64.5 Å². The summed E-state index contributed by atoms with van der Waals surface area (Å²) < 4.78 is 18.4. The number of esters is 1. The number of pyridine rings is 1. The van der Waals surface area contributed by atoms with E-state index in [0.29, 0.717) is 46.6 Å². The van der Waals surface area contributed by atoms with Crippen molar-refractivity contribution in [2.45, 2.75) is 25.4 Å². The van der Waals surface area contributed by atoms with Crippen LogP contribution in [0.2, 0.25) is 0 Å². The van der Waals surface area contributed by atoms with Crippen molar-refractivity contribution in [3.8, 4) is 22.6 Å². The second-order valence-electron chi connectivity index (χ2n) is 9.32. The van der Waals surface area contributed by atoms with Gasteiger partial charge in [-0.05, 0) is 48.7 Å². The van der Waals surface area contributed by atoms with Gasteiger partial charge in [-0.2, -0.15) is 0 Å². The summed E-state index contributed by atoms with van der Waals surface area (Å²) in [4.78, 5) is 25.7. The first kappa shape index (κ1) is 26.1. The Morgan fingerprint density at radius 3 is 2.73 bits per heavy atom. The van der Waals surface area contributed by atoms with E-state index in [9.17, 15) is 9.59 Å². The summed E-state index contributed by atoms with van der Waals surface area (Å²) in [6.07, 6.45) is 0.222. The van der Waals surface area contributed by atoms with Crippen LogP contribution in [0.1, 0.15) is 27.9 Å². The van der Waals surface area contributed by atoms with Gasteiger partial charge in [-0.1, -0.05) is 36.0 Å². The van der Waals surface area contributed by atoms with Crippen LogP contribution in [0.15, 0.2) is 53.0 Å². The normalized spacial score (nSPS) is 12.6. The van der Waals surface area contributed by atoms with Crippen molar-refractivity contribution in [2.24, 2.45) is 0 Å². The number of thioether (sulfide) groups is 1. The molecule has 11 heteroatoms. The quantitative estimate of drug-likeness (QED) is 0.189. The number of hydrogen-bond acceptors (Lipinski definition) is 9. The van der Waals surface area contributed by atoms with Crippen molar-refractivity contribution in [3.63, 3.8) is 0 Å². The molecule has 40 heavy (non-hydrogen) atoms. The molecule has 0 radical (unpaired) electrons. The number of aromatic nitrogens is 3. The smallest absolute Gasteiger partial charge is 0.341 e. The van der Waals surface area contributed by atoms with Gasteiger partial charge in [0.1, 0.15) is 23.8 Å². The van der Waals surface area contributed by atoms with E-state index in [4.69, 9.17) is 14.2 Å². The predicted octanol–water partition coefficient (Wildman–Crippen LogP) is 5.91. The molecule has 0 saturated carbocycles. The molecular weight excluding hydrogens is 548 g/mol. The van der Waals surface area contributed by atoms with E-state index in [1.165, 1.54) is 30.2 Å². The Hall–Kier alpha value is -4.09. The average molecular weight is 575 g/mol. The lowest BCUT2D eigenvalue weighted by Crippen LogP contribution is -2.15. The lowest BCUT2D eigenvalue weighted by Gasteiger charge is -2.19. The van der Waals surface area contributed by atoms with E-state index in [-0.39, 0.29) is 12.3 Å². The summed E-state index contributed by atoms with van der Waals surface area (Å²) in [6, 6.07) is 13.8. The minimum Gasteiger partial charge on any atom is -0.486 e. The second kappa shape index (κ2) is 10.8. The monoisotopic (exact) mass is 574 g/mol. The molecule has 0 bridgehead atoms. The maximum absolute atomic E-state index is 13.0. The Morgan fingerprint density at radius 1 is 1.07 bits per heavy atom. The van der Waals surface area contributed by atoms with E-state index in [1.54, 1.807) is 0 Å². The average Bonchev–Trinajstić information content (AvgIpc) is 3.56. The number of benzene rings is 2. The molecule has 2 aromatic carbocycles. The van der Waals surface area contributed by atoms with E-state index in [0.717, 1.165) is 38.4 Å². The maximum Gasteiger partial charge on any atom is 0.341 e. The predicted molar refractivity (Wildman–Crippen MR) is 156 cm³/mol. The van der Waals surface area contributed by atoms with E-state index in [1.807, 2.05) is 35.7 Å². The fourth-order valence-electron chi connectivity index (χ4n) is 4.83. The number of thiophene rings is 1. The molecule has 0 unspecified atom stereocenters. The van der Waals surface area contributed by atoms with Gasteiger partial charge in [0.25, 0.3) is 0 Å². The van der Waals surface area contributed by atoms with Gasteiger partial charge in [-0.25, -0.2) is 4.79 Å². The molecule has 1 N–H and O–H groups in total. The van der Waals surface area contributed by atoms with Gasteiger partial charge in [0, 0.05) is 28.5 Å². The lowest BCUT2D eigenvalue weighted by atomic mass is 10.0. The molecule has 0 atom stereocenters. The second-order valence-corrected chi connectivity index (χ2v) is 11.3. The number of anilines is 1. The van der Waals surface area contributed by atoms with Gasteiger partial charge in [-0.3, -0.25) is 9.20 Å². The number of para-hydroxylation sites is 1. The van der Waals surface area contributed by atoms with Crippen LogP contribution in [-0.2, 0) is 9.53 Å². The summed E-state index contributed by atoms with van der Waals surface area (Å²) in [7, 11) is 1.33. The van der Waals surface area contributed by atoms with E-state index >= 15 is 0 Å². The molecule has 204 valence electrons. The molecule has 4 heterocycles. The van der Waals surface area contributed by atoms with Crippen molar-refractivity contribution >= 4 is 56.5 Å². The molecule has 5 aromatic rings. The number of nitrogens with one attached hydrogen (secondary N) is 1. The van der Waals surface area contributed by atoms with Gasteiger partial charge in [-0.15, -0.1) is 21.5 Å². The Morgan fingerprint density at radius 2 is 1.90 bits per heavy atom. The van der Waals surface area contributed by atoms with Crippen LogP contribution in [0.5, 0.6) is 11.5 Å². The molecule has 0 saturated heterocycles. The number of fused-ring (bicyclic) bond motifs is 4. The number of methoxy groups -OCH3 is 1. The van der Waals surface area contributed by atoms with Crippen LogP contribution in [0.25, 0.3) is 27.7 Å². The standard InChI is InChI=1S/C29H26N4O5S2/c1-16-5-4-6-19-17(2)13-23-31-32-29(33(23)26(16)19)39-12-9-24(34)30-27-25(28(35)36-3)20(15-40-27)18-7-8-21-22(14-18)38-11-10-37-21/h4-8,13-15H,9-12H2,1-3H3,(H,30,34). The Labute approximate surface area is 238 Å². The van der Waals surface area contributed by atoms with E-state index < -0.39 is 5.97 Å². The topological polar surface area (TPSA) is 104 Å². The van der Waals surface area contributed by atoms with Crippen LogP contribution in [0.4, 0.5) is 5.00 Å². The summed E-state index contributed by atoms with van der Waals surface area (Å²) in [5.74, 6) is 1.03. The third-order valence-electron chi connectivity index (χ3n) is 6.74. The molecule has 6 rings (SSSR count). The van der Waals surface area contributed by atoms with Gasteiger partial charge in [0.15, 0.2) is 22.3 Å². The van der Waals surface area contributed by atoms with Crippen LogP contribution in [-0.4, -0.2) is 52.6 Å². The number of carbonyl (C=O) groups is 2. The Balaban J connectivity index is 1.19. The first-order valence-electron chi connectivity index (χ1n) is 12.7. The highest BCUT2D eigenvalue weighted by molar-refractivity contribution is 7.99. The van der Waals surface area contributed by atoms with Gasteiger partial charge in [0.2, 0.25) is 5.91 Å². The zero-order valence-corrected chi connectivity index (χ0v) is 23.8. The van der Waals surface area contributed by atoms with Crippen LogP contribution < -0.4 is 14.8 Å². The minimum absolute atomic E-state index is 0.209. The number of hydrogen-bond donors (Lipinski definition) is 1. The molecule has 1 aliphatic rings. The Bertz CT molecular complexity index is 1780. The summed E-state index contributed by atoms with van der Waals surface area (Å²) in [5, 5.41) is 15.8. The molecular formula is C29H26N4O5S2. The zero-order chi connectivity index (χ0) is 27.8. The summed E-state index contributed by atoms with van der Waals surface area (Å²) in [5.41, 5.74) is 5.86. The number of rotatable bonds is 7. The molecule has 0 spiro atoms. The molecule has 1 aliphatic heterocycles. The number of nitrogens with zero attached hydrogens (tertiary/aromatic N) is 3. The van der Waals surface area contributed by atoms with E-state index in [2.05, 4.69) is 45.9 Å². The molecule has 9 nitrogen and oxygen atoms in total. The number of amides is 1. The van der Waals surface area contributed by atoms with Crippen LogP contribution in [0, 0.1) is 13.8 Å². The van der Waals surface area contributed by atoms with Gasteiger partial charge >= 0.3 is 5.97 Å². The Kier molecular flexibility index (Phi) is 7.07. The zero-order valence-electron chi connectivity index (χ0n) is 22.1. The fraction of sp³-hybridized carbons (Fsp3) is 0.241. The molecule has 3 aromatic heterocycles. The highest BCUT2D eigenvalue weighted by Crippen LogP contribution is 2.40. The fourth-order valence-corrected chi connectivity index (χ4v) is 6.68. The number of ether oxygens (including phenoxy) is 3. The number of carbonyl (C=O) groups excluding carboxylic acids is 2. The lowest BCUT2D eigenvalue weighted by molar-refractivity contribution is -0.115. The van der Waals surface area contributed by atoms with Crippen LogP contribution in [0.3, 0.4) is 0 Å². The number of aryl methyl sites for hydroxylation is 2. The molecule has 0 aliphatic carbocycles. The van der Waals surface area contributed by atoms with Crippen molar-refractivity contribution in [1.29, 1.82) is 0 Å². The highest BCUT2D eigenvalue weighted by Gasteiger charge is 2.24. The third kappa shape index (κ3) is 4.75. The SMILES string of the molecule is COC(=O)c1c(-c2ccc3c(c2)OCCO3)csc1NC(=O)CCSc1nnc2cc(C)c3cccc(C)c3n12. The van der Waals surface area contributed by atoms with Gasteiger partial charge in [0.05, 0.1) is 12.6 Å².